The molecular weight excluding hydrogens is 332 g/mol. The first kappa shape index (κ1) is 17.2. The predicted octanol–water partition coefficient (Wildman–Crippen LogP) is 4.92. The molecule has 0 radical (unpaired) electrons. The summed E-state index contributed by atoms with van der Waals surface area (Å²) in [6.45, 7) is 1.90. The topological polar surface area (TPSA) is 54.4 Å². The van der Waals surface area contributed by atoms with Crippen LogP contribution in [0.15, 0.2) is 100 Å². The van der Waals surface area contributed by atoms with Crippen molar-refractivity contribution >= 4 is 9.84 Å². The van der Waals surface area contributed by atoms with Gasteiger partial charge in [-0.25, -0.2) is 8.42 Å². The summed E-state index contributed by atoms with van der Waals surface area (Å²) in [5, 5.41) is 10.4. The van der Waals surface area contributed by atoms with Crippen LogP contribution in [0.3, 0.4) is 0 Å². The molecule has 0 saturated carbocycles. The number of sulfone groups is 1. The molecule has 2 aromatic carbocycles. The van der Waals surface area contributed by atoms with Crippen molar-refractivity contribution in [2.24, 2.45) is 0 Å². The maximum Gasteiger partial charge on any atom is 0.210 e. The van der Waals surface area contributed by atoms with Gasteiger partial charge in [0.25, 0.3) is 0 Å². The number of hydrogen-bond donors (Lipinski definition) is 1. The first-order valence-electron chi connectivity index (χ1n) is 8.12. The average Bonchev–Trinajstić information content (AvgIpc) is 2.60. The summed E-state index contributed by atoms with van der Waals surface area (Å²) in [4.78, 5) is 0.0998. The molecule has 4 heteroatoms. The van der Waals surface area contributed by atoms with Crippen LogP contribution in [-0.4, -0.2) is 13.5 Å². The van der Waals surface area contributed by atoms with Crippen molar-refractivity contribution in [3.05, 3.63) is 101 Å². The molecule has 3 nitrogen and oxygen atoms in total. The number of hydrogen-bond acceptors (Lipinski definition) is 3. The van der Waals surface area contributed by atoms with E-state index in [4.69, 9.17) is 0 Å². The second-order valence-electron chi connectivity index (χ2n) is 6.14. The molecule has 0 aromatic heterocycles. The molecule has 0 amide bonds. The molecule has 0 spiro atoms. The molecule has 2 aromatic rings. The van der Waals surface area contributed by atoms with Crippen LogP contribution >= 0.6 is 0 Å². The van der Waals surface area contributed by atoms with Crippen molar-refractivity contribution in [1.82, 2.24) is 0 Å². The van der Waals surface area contributed by atoms with Crippen LogP contribution in [0.4, 0.5) is 0 Å². The molecule has 1 aliphatic rings. The largest absolute Gasteiger partial charge is 0.507 e. The predicted molar refractivity (Wildman–Crippen MR) is 100.0 cm³/mol. The SMILES string of the molecule is C/C1=C/C(O)=C(S(=O)(=O)c2ccccc2)\C=C/C(c2ccccc2)C1. The molecule has 128 valence electrons. The third-order valence-electron chi connectivity index (χ3n) is 4.23. The first-order valence-corrected chi connectivity index (χ1v) is 9.60. The maximum atomic E-state index is 12.9. The van der Waals surface area contributed by atoms with E-state index in [0.29, 0.717) is 0 Å². The number of allylic oxidation sites excluding steroid dienone is 4. The molecule has 0 bridgehead atoms. The van der Waals surface area contributed by atoms with E-state index in [1.54, 1.807) is 24.3 Å². The summed E-state index contributed by atoms with van der Waals surface area (Å²) in [7, 11) is -3.78. The Morgan fingerprint density at radius 1 is 0.960 bits per heavy atom. The Kier molecular flexibility index (Phi) is 4.91. The van der Waals surface area contributed by atoms with Gasteiger partial charge in [0.05, 0.1) is 4.90 Å². The highest BCUT2D eigenvalue weighted by Gasteiger charge is 2.24. The number of aliphatic hydroxyl groups excluding tert-OH is 1. The number of rotatable bonds is 3. The second-order valence-corrected chi connectivity index (χ2v) is 8.06. The Bertz CT molecular complexity index is 937. The van der Waals surface area contributed by atoms with Gasteiger partial charge < -0.3 is 5.11 Å². The van der Waals surface area contributed by atoms with E-state index < -0.39 is 9.84 Å². The zero-order chi connectivity index (χ0) is 17.9. The van der Waals surface area contributed by atoms with Gasteiger partial charge in [-0.3, -0.25) is 0 Å². The highest BCUT2D eigenvalue weighted by molar-refractivity contribution is 7.95. The minimum absolute atomic E-state index is 0.0616. The fourth-order valence-electron chi connectivity index (χ4n) is 2.95. The lowest BCUT2D eigenvalue weighted by Gasteiger charge is -2.17. The van der Waals surface area contributed by atoms with Gasteiger partial charge in [0.2, 0.25) is 9.84 Å². The van der Waals surface area contributed by atoms with Crippen molar-refractivity contribution in [3.63, 3.8) is 0 Å². The normalized spacial score (nSPS) is 24.7. The van der Waals surface area contributed by atoms with E-state index in [9.17, 15) is 13.5 Å². The smallest absolute Gasteiger partial charge is 0.210 e. The lowest BCUT2D eigenvalue weighted by atomic mass is 9.90. The monoisotopic (exact) mass is 352 g/mol. The van der Waals surface area contributed by atoms with Gasteiger partial charge in [-0.1, -0.05) is 60.2 Å². The van der Waals surface area contributed by atoms with Crippen LogP contribution in [0, 0.1) is 0 Å². The zero-order valence-electron chi connectivity index (χ0n) is 14.0. The lowest BCUT2D eigenvalue weighted by molar-refractivity contribution is 0.428. The summed E-state index contributed by atoms with van der Waals surface area (Å²) in [6, 6.07) is 18.1. The van der Waals surface area contributed by atoms with E-state index >= 15 is 0 Å². The molecule has 0 heterocycles. The van der Waals surface area contributed by atoms with Crippen LogP contribution in [0.1, 0.15) is 24.8 Å². The number of aliphatic hydroxyl groups is 1. The molecule has 3 rings (SSSR count). The van der Waals surface area contributed by atoms with E-state index in [1.165, 1.54) is 18.2 Å². The average molecular weight is 352 g/mol. The fourth-order valence-corrected chi connectivity index (χ4v) is 4.31. The third kappa shape index (κ3) is 3.74. The van der Waals surface area contributed by atoms with Crippen LogP contribution in [0.2, 0.25) is 0 Å². The highest BCUT2D eigenvalue weighted by Crippen LogP contribution is 2.31. The summed E-state index contributed by atoms with van der Waals surface area (Å²) in [5.74, 6) is -0.157. The van der Waals surface area contributed by atoms with Gasteiger partial charge in [0.15, 0.2) is 0 Å². The van der Waals surface area contributed by atoms with Crippen molar-refractivity contribution < 1.29 is 13.5 Å². The molecule has 1 unspecified atom stereocenters. The number of benzene rings is 2. The molecule has 0 fully saturated rings. The third-order valence-corrected chi connectivity index (χ3v) is 6.05. The molecule has 1 atom stereocenters. The van der Waals surface area contributed by atoms with Gasteiger partial charge in [0.1, 0.15) is 10.7 Å². The highest BCUT2D eigenvalue weighted by atomic mass is 32.2. The van der Waals surface area contributed by atoms with Crippen molar-refractivity contribution in [2.75, 3.05) is 0 Å². The fraction of sp³-hybridized carbons (Fsp3) is 0.143. The Balaban J connectivity index is 2.08. The molecule has 0 aliphatic heterocycles. The quantitative estimate of drug-likeness (QED) is 0.853. The van der Waals surface area contributed by atoms with E-state index in [0.717, 1.165) is 17.6 Å². The van der Waals surface area contributed by atoms with Crippen LogP contribution in [0.5, 0.6) is 0 Å². The van der Waals surface area contributed by atoms with Crippen LogP contribution < -0.4 is 0 Å². The van der Waals surface area contributed by atoms with Gasteiger partial charge in [-0.05, 0) is 43.2 Å². The second kappa shape index (κ2) is 7.11. The molecule has 1 aliphatic carbocycles. The van der Waals surface area contributed by atoms with Crippen LogP contribution in [-0.2, 0) is 9.84 Å². The minimum atomic E-state index is -3.78. The summed E-state index contributed by atoms with van der Waals surface area (Å²) in [5.41, 5.74) is 2.04. The van der Waals surface area contributed by atoms with Crippen molar-refractivity contribution in [2.45, 2.75) is 24.2 Å². The lowest BCUT2D eigenvalue weighted by Crippen LogP contribution is -2.08. The molecule has 1 N–H and O–H groups in total. The zero-order valence-corrected chi connectivity index (χ0v) is 14.8. The van der Waals surface area contributed by atoms with E-state index in [1.807, 2.05) is 43.3 Å². The summed E-state index contributed by atoms with van der Waals surface area (Å²) >= 11 is 0. The van der Waals surface area contributed by atoms with Crippen LogP contribution in [0.25, 0.3) is 0 Å². The van der Waals surface area contributed by atoms with Crippen molar-refractivity contribution in [1.29, 1.82) is 0 Å². The van der Waals surface area contributed by atoms with E-state index in [2.05, 4.69) is 0 Å². The van der Waals surface area contributed by atoms with Gasteiger partial charge in [-0.15, -0.1) is 0 Å². The molecule has 0 saturated heterocycles. The Labute approximate surface area is 148 Å². The van der Waals surface area contributed by atoms with Gasteiger partial charge in [-0.2, -0.15) is 0 Å². The Hall–Kier alpha value is -2.59. The maximum absolute atomic E-state index is 12.9. The molecule has 25 heavy (non-hydrogen) atoms. The van der Waals surface area contributed by atoms with E-state index in [-0.39, 0.29) is 21.5 Å². The minimum Gasteiger partial charge on any atom is -0.507 e. The van der Waals surface area contributed by atoms with Gasteiger partial charge in [0, 0.05) is 5.92 Å². The molecular formula is C21H20O3S. The standard InChI is InChI=1S/C21H20O3S/c1-16-14-18(17-8-4-2-5-9-17)12-13-21(20(22)15-16)25(23,24)19-10-6-3-7-11-19/h2-13,15,18,22H,14H2,1H3/b13-12-,16-15-,21-20-. The van der Waals surface area contributed by atoms with Crippen molar-refractivity contribution in [3.8, 4) is 0 Å². The Morgan fingerprint density at radius 2 is 1.56 bits per heavy atom. The van der Waals surface area contributed by atoms with Gasteiger partial charge >= 0.3 is 0 Å². The summed E-state index contributed by atoms with van der Waals surface area (Å²) in [6.07, 6.45) is 5.66. The Morgan fingerprint density at radius 3 is 2.20 bits per heavy atom. The first-order chi connectivity index (χ1) is 12.0. The summed E-state index contributed by atoms with van der Waals surface area (Å²) < 4.78 is 25.8.